The lowest BCUT2D eigenvalue weighted by molar-refractivity contribution is -0.151. The molecule has 3 rings (SSSR count). The van der Waals surface area contributed by atoms with Crippen molar-refractivity contribution in [2.45, 2.75) is 70.6 Å². The highest BCUT2D eigenvalue weighted by Gasteiger charge is 2.43. The summed E-state index contributed by atoms with van der Waals surface area (Å²) in [5, 5.41) is 0. The van der Waals surface area contributed by atoms with Crippen molar-refractivity contribution in [1.29, 1.82) is 0 Å². The number of hydrogen-bond acceptors (Lipinski definition) is 3. The molecular formula is C17H31ClN2O2. The summed E-state index contributed by atoms with van der Waals surface area (Å²) in [4.78, 5) is 15.2. The topological polar surface area (TPSA) is 55.6 Å². The average Bonchev–Trinajstić information content (AvgIpc) is 2.46. The van der Waals surface area contributed by atoms with E-state index in [1.165, 1.54) is 19.3 Å². The molecule has 2 N–H and O–H groups in total. The molecule has 1 aliphatic heterocycles. The Labute approximate surface area is 140 Å². The van der Waals surface area contributed by atoms with Gasteiger partial charge in [-0.05, 0) is 50.9 Å². The molecule has 3 aliphatic rings. The molecule has 22 heavy (non-hydrogen) atoms. The molecule has 4 unspecified atom stereocenters. The van der Waals surface area contributed by atoms with Gasteiger partial charge < -0.3 is 15.4 Å². The predicted octanol–water partition coefficient (Wildman–Crippen LogP) is 2.59. The van der Waals surface area contributed by atoms with Gasteiger partial charge in [0.1, 0.15) is 0 Å². The van der Waals surface area contributed by atoms with Crippen LogP contribution in [0.3, 0.4) is 0 Å². The van der Waals surface area contributed by atoms with Gasteiger partial charge in [0.15, 0.2) is 0 Å². The van der Waals surface area contributed by atoms with Crippen LogP contribution in [0.25, 0.3) is 0 Å². The maximum atomic E-state index is 13.0. The highest BCUT2D eigenvalue weighted by Crippen LogP contribution is 2.42. The fraction of sp³-hybridized carbons (Fsp3) is 0.941. The molecule has 2 saturated carbocycles. The number of halogens is 1. The van der Waals surface area contributed by atoms with E-state index in [2.05, 4.69) is 18.7 Å². The Morgan fingerprint density at radius 3 is 2.50 bits per heavy atom. The first-order valence-electron chi connectivity index (χ1n) is 8.77. The lowest BCUT2D eigenvalue weighted by atomic mass is 9.65. The van der Waals surface area contributed by atoms with Crippen LogP contribution >= 0.6 is 12.4 Å². The smallest absolute Gasteiger partial charge is 0.226 e. The van der Waals surface area contributed by atoms with Gasteiger partial charge in [0.05, 0.1) is 18.8 Å². The van der Waals surface area contributed by atoms with E-state index in [4.69, 9.17) is 10.5 Å². The van der Waals surface area contributed by atoms with Crippen molar-refractivity contribution in [2.75, 3.05) is 13.2 Å². The Morgan fingerprint density at radius 1 is 1.27 bits per heavy atom. The molecule has 0 aromatic rings. The molecule has 3 fully saturated rings. The van der Waals surface area contributed by atoms with Gasteiger partial charge in [0.25, 0.3) is 0 Å². The van der Waals surface area contributed by atoms with Crippen molar-refractivity contribution >= 4 is 18.3 Å². The Hall–Kier alpha value is -0.320. The number of rotatable bonds is 2. The van der Waals surface area contributed by atoms with Crippen molar-refractivity contribution in [3.8, 4) is 0 Å². The van der Waals surface area contributed by atoms with Crippen molar-refractivity contribution in [2.24, 2.45) is 23.5 Å². The van der Waals surface area contributed by atoms with Gasteiger partial charge in [0.2, 0.25) is 5.91 Å². The highest BCUT2D eigenvalue weighted by atomic mass is 35.5. The summed E-state index contributed by atoms with van der Waals surface area (Å²) in [6, 6.07) is 0.609. The van der Waals surface area contributed by atoms with Crippen LogP contribution in [0.2, 0.25) is 0 Å². The standard InChI is InChI=1S/C17H30N2O2.ClH/c1-3-15-10-21-11(2)9-19(15)17(20)14-7-12-5-4-6-13(8-14)16(12)18;/h11-16H,3-10,18H2,1-2H3;1H. The molecule has 5 heteroatoms. The molecule has 1 heterocycles. The summed E-state index contributed by atoms with van der Waals surface area (Å²) in [5.74, 6) is 1.73. The lowest BCUT2D eigenvalue weighted by Gasteiger charge is -2.46. The molecule has 0 spiro atoms. The quantitative estimate of drug-likeness (QED) is 0.846. The largest absolute Gasteiger partial charge is 0.375 e. The van der Waals surface area contributed by atoms with Crippen molar-refractivity contribution in [3.63, 3.8) is 0 Å². The van der Waals surface area contributed by atoms with Crippen molar-refractivity contribution < 1.29 is 9.53 Å². The number of amides is 1. The maximum Gasteiger partial charge on any atom is 0.226 e. The van der Waals surface area contributed by atoms with Crippen LogP contribution in [0.15, 0.2) is 0 Å². The van der Waals surface area contributed by atoms with Crippen molar-refractivity contribution in [3.05, 3.63) is 0 Å². The van der Waals surface area contributed by atoms with Gasteiger partial charge in [0, 0.05) is 18.5 Å². The minimum atomic E-state index is 0. The molecule has 2 aliphatic carbocycles. The third-order valence-electron chi connectivity index (χ3n) is 5.98. The van der Waals surface area contributed by atoms with Gasteiger partial charge >= 0.3 is 0 Å². The first-order valence-corrected chi connectivity index (χ1v) is 8.77. The minimum absolute atomic E-state index is 0. The summed E-state index contributed by atoms with van der Waals surface area (Å²) < 4.78 is 5.73. The number of nitrogens with zero attached hydrogens (tertiary/aromatic N) is 1. The van der Waals surface area contributed by atoms with Crippen LogP contribution in [-0.2, 0) is 9.53 Å². The minimum Gasteiger partial charge on any atom is -0.375 e. The summed E-state index contributed by atoms with van der Waals surface area (Å²) in [7, 11) is 0. The van der Waals surface area contributed by atoms with E-state index in [1.807, 2.05) is 0 Å². The Kier molecular flexibility index (Phi) is 6.14. The van der Waals surface area contributed by atoms with Crippen LogP contribution in [0, 0.1) is 17.8 Å². The van der Waals surface area contributed by atoms with E-state index in [-0.39, 0.29) is 30.5 Å². The second-order valence-corrected chi connectivity index (χ2v) is 7.39. The van der Waals surface area contributed by atoms with E-state index < -0.39 is 0 Å². The molecule has 2 bridgehead atoms. The van der Waals surface area contributed by atoms with Gasteiger partial charge in [-0.15, -0.1) is 12.4 Å². The molecule has 0 radical (unpaired) electrons. The highest BCUT2D eigenvalue weighted by molar-refractivity contribution is 5.85. The molecule has 4 atom stereocenters. The van der Waals surface area contributed by atoms with Gasteiger partial charge in [-0.2, -0.15) is 0 Å². The fourth-order valence-electron chi connectivity index (χ4n) is 4.68. The Balaban J connectivity index is 0.00000176. The van der Waals surface area contributed by atoms with Crippen LogP contribution in [-0.4, -0.2) is 42.1 Å². The number of carbonyl (C=O) groups excluding carboxylic acids is 1. The first-order chi connectivity index (χ1) is 10.1. The molecule has 0 aromatic carbocycles. The lowest BCUT2D eigenvalue weighted by Crippen LogP contribution is -2.55. The van der Waals surface area contributed by atoms with Gasteiger partial charge in [-0.25, -0.2) is 0 Å². The summed E-state index contributed by atoms with van der Waals surface area (Å²) in [5.41, 5.74) is 6.36. The first kappa shape index (κ1) is 18.0. The number of morpholine rings is 1. The zero-order valence-electron chi connectivity index (χ0n) is 13.9. The number of hydrogen-bond donors (Lipinski definition) is 1. The normalized spacial score (nSPS) is 41.7. The molecule has 4 nitrogen and oxygen atoms in total. The zero-order valence-corrected chi connectivity index (χ0v) is 14.7. The molecular weight excluding hydrogens is 300 g/mol. The molecule has 1 saturated heterocycles. The Morgan fingerprint density at radius 2 is 1.91 bits per heavy atom. The van der Waals surface area contributed by atoms with Crippen LogP contribution in [0.1, 0.15) is 52.4 Å². The summed E-state index contributed by atoms with van der Waals surface area (Å²) in [6.07, 6.45) is 6.92. The molecule has 0 aromatic heterocycles. The second kappa shape index (κ2) is 7.50. The van der Waals surface area contributed by atoms with Crippen LogP contribution < -0.4 is 5.73 Å². The fourth-order valence-corrected chi connectivity index (χ4v) is 4.68. The number of ether oxygens (including phenoxy) is 1. The van der Waals surface area contributed by atoms with Crippen LogP contribution in [0.4, 0.5) is 0 Å². The average molecular weight is 331 g/mol. The monoisotopic (exact) mass is 330 g/mol. The summed E-state index contributed by atoms with van der Waals surface area (Å²) in [6.45, 7) is 5.67. The number of fused-ring (bicyclic) bond motifs is 2. The third-order valence-corrected chi connectivity index (χ3v) is 5.98. The van der Waals surface area contributed by atoms with E-state index in [0.717, 1.165) is 25.8 Å². The maximum absolute atomic E-state index is 13.0. The van der Waals surface area contributed by atoms with Gasteiger partial charge in [-0.3, -0.25) is 4.79 Å². The second-order valence-electron chi connectivity index (χ2n) is 7.39. The SMILES string of the molecule is CCC1COC(C)CN1C(=O)C1CC2CCCC(C1)C2N.Cl. The van der Waals surface area contributed by atoms with E-state index in [1.54, 1.807) is 0 Å². The van der Waals surface area contributed by atoms with E-state index in [9.17, 15) is 4.79 Å². The van der Waals surface area contributed by atoms with Gasteiger partial charge in [-0.1, -0.05) is 13.3 Å². The summed E-state index contributed by atoms with van der Waals surface area (Å²) >= 11 is 0. The predicted molar refractivity (Wildman–Crippen MR) is 90.0 cm³/mol. The molecule has 1 amide bonds. The van der Waals surface area contributed by atoms with E-state index in [0.29, 0.717) is 30.4 Å². The number of nitrogens with two attached hydrogens (primary N) is 1. The van der Waals surface area contributed by atoms with Crippen molar-refractivity contribution in [1.82, 2.24) is 4.90 Å². The van der Waals surface area contributed by atoms with Crippen LogP contribution in [0.5, 0.6) is 0 Å². The number of carbonyl (C=O) groups is 1. The van der Waals surface area contributed by atoms with E-state index >= 15 is 0 Å². The zero-order chi connectivity index (χ0) is 15.0. The molecule has 128 valence electrons. The third kappa shape index (κ3) is 3.44. The Bertz CT molecular complexity index is 379.